The van der Waals surface area contributed by atoms with Crippen LogP contribution in [0.25, 0.3) is 0 Å². The van der Waals surface area contributed by atoms with Crippen LogP contribution in [0.5, 0.6) is 0 Å². The Morgan fingerprint density at radius 1 is 1.39 bits per heavy atom. The van der Waals surface area contributed by atoms with E-state index in [1.54, 1.807) is 0 Å². The van der Waals surface area contributed by atoms with Crippen LogP contribution in [-0.4, -0.2) is 63.3 Å². The van der Waals surface area contributed by atoms with Gasteiger partial charge in [0.15, 0.2) is 0 Å². The van der Waals surface area contributed by atoms with E-state index in [2.05, 4.69) is 30.4 Å². The molecule has 1 aliphatic heterocycles. The molecular weight excluding hydrogens is 316 g/mol. The molecule has 1 aliphatic rings. The minimum absolute atomic E-state index is 0.0863. The van der Waals surface area contributed by atoms with Crippen molar-refractivity contribution in [2.24, 2.45) is 0 Å². The van der Waals surface area contributed by atoms with Crippen molar-refractivity contribution in [3.63, 3.8) is 0 Å². The molecule has 0 bridgehead atoms. The summed E-state index contributed by atoms with van der Waals surface area (Å²) in [4.78, 5) is 17.3. The average Bonchev–Trinajstić information content (AvgIpc) is 2.64. The molecule has 0 saturated carbocycles. The molecule has 0 atom stereocenters. The molecule has 100 valence electrons. The molecule has 7 heteroatoms. The van der Waals surface area contributed by atoms with Gasteiger partial charge in [0.1, 0.15) is 4.88 Å². The van der Waals surface area contributed by atoms with Crippen molar-refractivity contribution in [2.45, 2.75) is 13.3 Å². The minimum Gasteiger partial charge on any atom is -0.337 e. The third-order valence-electron chi connectivity index (χ3n) is 3.12. The summed E-state index contributed by atoms with van der Waals surface area (Å²) in [5.74, 6) is 0.0863. The van der Waals surface area contributed by atoms with Gasteiger partial charge in [-0.3, -0.25) is 4.79 Å². The molecule has 5 nitrogen and oxygen atoms in total. The fourth-order valence-corrected chi connectivity index (χ4v) is 3.22. The Bertz CT molecular complexity index is 412. The molecule has 0 unspecified atom stereocenters. The molecule has 2 rings (SSSR count). The molecule has 0 aromatic carbocycles. The smallest absolute Gasteiger partial charge is 0.267 e. The number of aryl methyl sites for hydroxylation is 1. The Labute approximate surface area is 119 Å². The van der Waals surface area contributed by atoms with Gasteiger partial charge in [-0.05, 0) is 31.4 Å². The zero-order valence-electron chi connectivity index (χ0n) is 10.4. The van der Waals surface area contributed by atoms with Crippen LogP contribution >= 0.6 is 27.5 Å². The van der Waals surface area contributed by atoms with Crippen molar-refractivity contribution < 1.29 is 4.79 Å². The quantitative estimate of drug-likeness (QED) is 0.785. The second kappa shape index (κ2) is 6.58. The van der Waals surface area contributed by atoms with Crippen molar-refractivity contribution >= 4 is 33.4 Å². The molecule has 0 spiro atoms. The van der Waals surface area contributed by atoms with Crippen molar-refractivity contribution in [2.75, 3.05) is 38.1 Å². The highest BCUT2D eigenvalue weighted by Crippen LogP contribution is 2.14. The first kappa shape index (κ1) is 13.9. The Kier molecular flexibility index (Phi) is 5.08. The Morgan fingerprint density at radius 3 is 2.89 bits per heavy atom. The lowest BCUT2D eigenvalue weighted by molar-refractivity contribution is 0.0765. The van der Waals surface area contributed by atoms with Gasteiger partial charge in [-0.25, -0.2) is 0 Å². The van der Waals surface area contributed by atoms with Gasteiger partial charge in [0.2, 0.25) is 0 Å². The van der Waals surface area contributed by atoms with Crippen molar-refractivity contribution in [3.8, 4) is 0 Å². The summed E-state index contributed by atoms with van der Waals surface area (Å²) in [5.41, 5.74) is 0.742. The van der Waals surface area contributed by atoms with Gasteiger partial charge in [-0.15, -0.1) is 5.10 Å². The number of carbonyl (C=O) groups excluding carboxylic acids is 1. The summed E-state index contributed by atoms with van der Waals surface area (Å²) in [6.45, 7) is 6.52. The standard InChI is InChI=1S/C11H17BrN4OS/c1-9-10(18-14-13-9)11(17)16-5-2-4-15(6-3-12)7-8-16/h2-8H2,1H3. The van der Waals surface area contributed by atoms with Crippen LogP contribution < -0.4 is 0 Å². The van der Waals surface area contributed by atoms with E-state index in [9.17, 15) is 4.79 Å². The normalized spacial score (nSPS) is 17.8. The fourth-order valence-electron chi connectivity index (χ4n) is 2.09. The highest BCUT2D eigenvalue weighted by atomic mass is 79.9. The van der Waals surface area contributed by atoms with Crippen LogP contribution in [0.15, 0.2) is 0 Å². The van der Waals surface area contributed by atoms with Crippen molar-refractivity contribution in [3.05, 3.63) is 10.6 Å². The first-order chi connectivity index (χ1) is 8.72. The van der Waals surface area contributed by atoms with E-state index in [1.165, 1.54) is 11.5 Å². The maximum absolute atomic E-state index is 12.3. The van der Waals surface area contributed by atoms with Crippen molar-refractivity contribution in [1.29, 1.82) is 0 Å². The number of rotatable bonds is 3. The lowest BCUT2D eigenvalue weighted by atomic mass is 10.3. The van der Waals surface area contributed by atoms with Gasteiger partial charge in [0.05, 0.1) is 5.69 Å². The number of alkyl halides is 1. The Hall–Kier alpha value is -0.530. The molecule has 0 N–H and O–H groups in total. The summed E-state index contributed by atoms with van der Waals surface area (Å²) in [5, 5.41) is 4.89. The predicted octanol–water partition coefficient (Wildman–Crippen LogP) is 1.39. The number of hydrogen-bond donors (Lipinski definition) is 0. The van der Waals surface area contributed by atoms with Crippen molar-refractivity contribution in [1.82, 2.24) is 19.4 Å². The molecule has 1 fully saturated rings. The topological polar surface area (TPSA) is 49.3 Å². The predicted molar refractivity (Wildman–Crippen MR) is 75.4 cm³/mol. The molecule has 2 heterocycles. The molecule has 1 aromatic rings. The second-order valence-corrected chi connectivity index (χ2v) is 5.91. The van der Waals surface area contributed by atoms with Gasteiger partial charge in [-0.1, -0.05) is 20.4 Å². The zero-order chi connectivity index (χ0) is 13.0. The van der Waals surface area contributed by atoms with Crippen LogP contribution in [0.4, 0.5) is 0 Å². The molecule has 0 aliphatic carbocycles. The third kappa shape index (κ3) is 3.27. The van der Waals surface area contributed by atoms with E-state index < -0.39 is 0 Å². The van der Waals surface area contributed by atoms with Crippen LogP contribution in [0.3, 0.4) is 0 Å². The molecule has 18 heavy (non-hydrogen) atoms. The average molecular weight is 333 g/mol. The summed E-state index contributed by atoms with van der Waals surface area (Å²) < 4.78 is 3.83. The van der Waals surface area contributed by atoms with Gasteiger partial charge < -0.3 is 9.80 Å². The van der Waals surface area contributed by atoms with E-state index in [0.29, 0.717) is 4.88 Å². The lowest BCUT2D eigenvalue weighted by Gasteiger charge is -2.20. The number of amides is 1. The second-order valence-electron chi connectivity index (χ2n) is 4.36. The van der Waals surface area contributed by atoms with Crippen LogP contribution in [0.1, 0.15) is 21.8 Å². The zero-order valence-corrected chi connectivity index (χ0v) is 12.8. The Morgan fingerprint density at radius 2 is 2.22 bits per heavy atom. The van der Waals surface area contributed by atoms with Crippen LogP contribution in [0, 0.1) is 6.92 Å². The SMILES string of the molecule is Cc1nnsc1C(=O)N1CCCN(CCBr)CC1. The summed E-state index contributed by atoms with van der Waals surface area (Å²) in [6, 6.07) is 0. The number of nitrogens with zero attached hydrogens (tertiary/aromatic N) is 4. The monoisotopic (exact) mass is 332 g/mol. The molecule has 1 aromatic heterocycles. The summed E-state index contributed by atoms with van der Waals surface area (Å²) in [7, 11) is 0. The summed E-state index contributed by atoms with van der Waals surface area (Å²) in [6.07, 6.45) is 1.03. The maximum atomic E-state index is 12.3. The maximum Gasteiger partial charge on any atom is 0.267 e. The molecular formula is C11H17BrN4OS. The fraction of sp³-hybridized carbons (Fsp3) is 0.727. The van der Waals surface area contributed by atoms with Crippen LogP contribution in [0.2, 0.25) is 0 Å². The Balaban J connectivity index is 1.98. The highest BCUT2D eigenvalue weighted by Gasteiger charge is 2.23. The van der Waals surface area contributed by atoms with E-state index in [1.807, 2.05) is 11.8 Å². The van der Waals surface area contributed by atoms with E-state index in [4.69, 9.17) is 0 Å². The van der Waals surface area contributed by atoms with Crippen LogP contribution in [-0.2, 0) is 0 Å². The largest absolute Gasteiger partial charge is 0.337 e. The number of carbonyl (C=O) groups is 1. The van der Waals surface area contributed by atoms with Gasteiger partial charge in [0.25, 0.3) is 5.91 Å². The first-order valence-electron chi connectivity index (χ1n) is 6.09. The molecule has 1 amide bonds. The number of aromatic nitrogens is 2. The number of hydrogen-bond acceptors (Lipinski definition) is 5. The summed E-state index contributed by atoms with van der Waals surface area (Å²) >= 11 is 4.65. The first-order valence-corrected chi connectivity index (χ1v) is 7.98. The van der Waals surface area contributed by atoms with E-state index >= 15 is 0 Å². The van der Waals surface area contributed by atoms with Gasteiger partial charge >= 0.3 is 0 Å². The molecule has 0 radical (unpaired) electrons. The highest BCUT2D eigenvalue weighted by molar-refractivity contribution is 9.09. The van der Waals surface area contributed by atoms with Gasteiger partial charge in [-0.2, -0.15) is 0 Å². The molecule has 1 saturated heterocycles. The number of halogens is 1. The van der Waals surface area contributed by atoms with E-state index in [0.717, 1.165) is 50.2 Å². The van der Waals surface area contributed by atoms with E-state index in [-0.39, 0.29) is 5.91 Å². The van der Waals surface area contributed by atoms with Gasteiger partial charge in [0, 0.05) is 31.5 Å². The third-order valence-corrected chi connectivity index (χ3v) is 4.29. The lowest BCUT2D eigenvalue weighted by Crippen LogP contribution is -2.35. The minimum atomic E-state index is 0.0863.